The first-order valence-electron chi connectivity index (χ1n) is 9.16. The van der Waals surface area contributed by atoms with Crippen molar-refractivity contribution >= 4 is 36.9 Å². The van der Waals surface area contributed by atoms with Crippen LogP contribution in [0.15, 0.2) is 36.0 Å². The predicted octanol–water partition coefficient (Wildman–Crippen LogP) is 4.38. The summed E-state index contributed by atoms with van der Waals surface area (Å²) in [6.45, 7) is 12.8. The summed E-state index contributed by atoms with van der Waals surface area (Å²) in [5.74, 6) is -1.53. The van der Waals surface area contributed by atoms with Crippen LogP contribution in [0.1, 0.15) is 33.3 Å². The van der Waals surface area contributed by atoms with E-state index in [1.165, 1.54) is 16.7 Å². The van der Waals surface area contributed by atoms with Gasteiger partial charge in [0.15, 0.2) is 8.32 Å². The SMILES string of the molecule is C[C@@H](O[Si](C)(C)C(C)(C)C)[C@H]1C(=O)N2C(C(=O)O)=C(c3ccccc3)SC12. The smallest absolute Gasteiger partial charge is 0.353 e. The van der Waals surface area contributed by atoms with Crippen LogP contribution in [-0.4, -0.2) is 41.7 Å². The number of benzene rings is 1. The molecule has 0 bridgehead atoms. The highest BCUT2D eigenvalue weighted by Gasteiger charge is 2.59. The van der Waals surface area contributed by atoms with E-state index in [1.54, 1.807) is 0 Å². The minimum Gasteiger partial charge on any atom is -0.477 e. The minimum atomic E-state index is -2.02. The summed E-state index contributed by atoms with van der Waals surface area (Å²) < 4.78 is 6.43. The van der Waals surface area contributed by atoms with E-state index in [0.29, 0.717) is 4.91 Å². The lowest BCUT2D eigenvalue weighted by Crippen LogP contribution is -2.62. The molecule has 7 heteroatoms. The third-order valence-corrected chi connectivity index (χ3v) is 11.8. The van der Waals surface area contributed by atoms with Gasteiger partial charge >= 0.3 is 5.97 Å². The van der Waals surface area contributed by atoms with Gasteiger partial charge in [0.2, 0.25) is 5.91 Å². The van der Waals surface area contributed by atoms with Crippen molar-refractivity contribution in [2.45, 2.75) is 57.3 Å². The molecule has 0 saturated carbocycles. The quantitative estimate of drug-likeness (QED) is 0.582. The number of hydrogen-bond donors (Lipinski definition) is 1. The Hall–Kier alpha value is -1.57. The van der Waals surface area contributed by atoms with Crippen LogP contribution in [0.4, 0.5) is 0 Å². The molecule has 2 heterocycles. The molecule has 3 rings (SSSR count). The van der Waals surface area contributed by atoms with Gasteiger partial charge in [-0.1, -0.05) is 62.9 Å². The Kier molecular flexibility index (Phi) is 5.07. The predicted molar refractivity (Wildman–Crippen MR) is 110 cm³/mol. The number of aliphatic carboxylic acids is 1. The normalized spacial score (nSPS) is 23.9. The monoisotopic (exact) mass is 405 g/mol. The largest absolute Gasteiger partial charge is 0.477 e. The minimum absolute atomic E-state index is 0.0518. The maximum absolute atomic E-state index is 12.9. The fraction of sp³-hybridized carbons (Fsp3) is 0.500. The lowest BCUT2D eigenvalue weighted by atomic mass is 9.92. The summed E-state index contributed by atoms with van der Waals surface area (Å²) in [7, 11) is -2.02. The molecule has 146 valence electrons. The Morgan fingerprint density at radius 2 is 1.85 bits per heavy atom. The molecule has 0 radical (unpaired) electrons. The highest BCUT2D eigenvalue weighted by Crippen LogP contribution is 2.54. The summed E-state index contributed by atoms with van der Waals surface area (Å²) in [6.07, 6.45) is -0.239. The number of carboxylic acids is 1. The molecule has 2 aliphatic heterocycles. The second kappa shape index (κ2) is 6.79. The highest BCUT2D eigenvalue weighted by atomic mass is 32.2. The second-order valence-electron chi connectivity index (χ2n) is 8.67. The van der Waals surface area contributed by atoms with E-state index in [0.717, 1.165) is 5.56 Å². The number of carbonyl (C=O) groups excluding carboxylic acids is 1. The van der Waals surface area contributed by atoms with Crippen LogP contribution in [-0.2, 0) is 14.0 Å². The molecule has 0 spiro atoms. The number of nitrogens with zero attached hydrogens (tertiary/aromatic N) is 1. The van der Waals surface area contributed by atoms with Crippen LogP contribution < -0.4 is 0 Å². The van der Waals surface area contributed by atoms with E-state index in [2.05, 4.69) is 33.9 Å². The number of rotatable bonds is 5. The van der Waals surface area contributed by atoms with E-state index in [1.807, 2.05) is 37.3 Å². The molecule has 1 aromatic carbocycles. The molecule has 0 aliphatic carbocycles. The Balaban J connectivity index is 1.85. The number of thioether (sulfide) groups is 1. The number of amides is 1. The van der Waals surface area contributed by atoms with Crippen molar-refractivity contribution in [3.8, 4) is 0 Å². The topological polar surface area (TPSA) is 66.8 Å². The van der Waals surface area contributed by atoms with Gasteiger partial charge in [-0.2, -0.15) is 0 Å². The lowest BCUT2D eigenvalue weighted by molar-refractivity contribution is -0.156. The molecule has 5 nitrogen and oxygen atoms in total. The Labute approximate surface area is 165 Å². The number of fused-ring (bicyclic) bond motifs is 1. The van der Waals surface area contributed by atoms with E-state index >= 15 is 0 Å². The van der Waals surface area contributed by atoms with Gasteiger partial charge in [-0.15, -0.1) is 0 Å². The Morgan fingerprint density at radius 1 is 1.26 bits per heavy atom. The van der Waals surface area contributed by atoms with Crippen LogP contribution in [0.2, 0.25) is 18.1 Å². The van der Waals surface area contributed by atoms with E-state index < -0.39 is 14.3 Å². The Morgan fingerprint density at radius 3 is 2.37 bits per heavy atom. The molecule has 1 amide bonds. The summed E-state index contributed by atoms with van der Waals surface area (Å²) in [5, 5.41) is 9.56. The molecule has 1 fully saturated rings. The van der Waals surface area contributed by atoms with Crippen LogP contribution in [0.5, 0.6) is 0 Å². The van der Waals surface area contributed by atoms with Crippen molar-refractivity contribution < 1.29 is 19.1 Å². The number of carboxylic acid groups (broad SMARTS) is 1. The number of β-lactam (4-membered cyclic amide) rings is 1. The van der Waals surface area contributed by atoms with E-state index in [4.69, 9.17) is 4.43 Å². The van der Waals surface area contributed by atoms with E-state index in [-0.39, 0.29) is 34.0 Å². The van der Waals surface area contributed by atoms with Crippen molar-refractivity contribution in [2.75, 3.05) is 0 Å². The van der Waals surface area contributed by atoms with Crippen molar-refractivity contribution in [1.82, 2.24) is 4.90 Å². The average Bonchev–Trinajstić information content (AvgIpc) is 2.89. The fourth-order valence-electron chi connectivity index (χ4n) is 3.28. The van der Waals surface area contributed by atoms with Gasteiger partial charge in [0.05, 0.1) is 12.0 Å². The maximum Gasteiger partial charge on any atom is 0.353 e. The van der Waals surface area contributed by atoms with Gasteiger partial charge in [-0.25, -0.2) is 4.79 Å². The molecule has 27 heavy (non-hydrogen) atoms. The van der Waals surface area contributed by atoms with Gasteiger partial charge in [0, 0.05) is 4.91 Å². The van der Waals surface area contributed by atoms with Crippen LogP contribution in [0.3, 0.4) is 0 Å². The van der Waals surface area contributed by atoms with Crippen molar-refractivity contribution in [2.24, 2.45) is 5.92 Å². The van der Waals surface area contributed by atoms with Crippen LogP contribution in [0.25, 0.3) is 4.91 Å². The zero-order valence-electron chi connectivity index (χ0n) is 16.6. The van der Waals surface area contributed by atoms with Gasteiger partial charge in [0.1, 0.15) is 11.1 Å². The lowest BCUT2D eigenvalue weighted by Gasteiger charge is -2.48. The molecule has 2 aliphatic rings. The number of carbonyl (C=O) groups is 2. The van der Waals surface area contributed by atoms with Gasteiger partial charge in [0.25, 0.3) is 0 Å². The van der Waals surface area contributed by atoms with Crippen molar-refractivity contribution in [3.05, 3.63) is 41.6 Å². The van der Waals surface area contributed by atoms with Crippen molar-refractivity contribution in [3.63, 3.8) is 0 Å². The second-order valence-corrected chi connectivity index (χ2v) is 14.6. The van der Waals surface area contributed by atoms with Gasteiger partial charge in [-0.05, 0) is 30.6 Å². The Bertz CT molecular complexity index is 800. The molecule has 1 saturated heterocycles. The summed E-state index contributed by atoms with van der Waals surface area (Å²) in [4.78, 5) is 26.8. The third kappa shape index (κ3) is 3.36. The molecular weight excluding hydrogens is 378 g/mol. The first-order chi connectivity index (χ1) is 12.5. The molecular formula is C20H27NO4SSi. The third-order valence-electron chi connectivity index (χ3n) is 5.81. The summed E-state index contributed by atoms with van der Waals surface area (Å²) >= 11 is 1.46. The van der Waals surface area contributed by atoms with E-state index in [9.17, 15) is 14.7 Å². The standard InChI is InChI=1S/C20H27NO4SSi/c1-12(25-27(5,6)20(2,3)4)14-17(22)21-15(19(23)24)16(26-18(14)21)13-10-8-7-9-11-13/h7-12,14,18H,1-6H3,(H,23,24)/t12-,14+,18?/m1/s1. The van der Waals surface area contributed by atoms with Gasteiger partial charge in [-0.3, -0.25) is 9.69 Å². The fourth-order valence-corrected chi connectivity index (χ4v) is 6.32. The molecule has 3 atom stereocenters. The maximum atomic E-state index is 12.9. The average molecular weight is 406 g/mol. The summed E-state index contributed by atoms with van der Waals surface area (Å²) in [5.41, 5.74) is 0.927. The first-order valence-corrected chi connectivity index (χ1v) is 12.9. The molecule has 1 aromatic rings. The zero-order chi connectivity index (χ0) is 20.1. The van der Waals surface area contributed by atoms with Crippen molar-refractivity contribution in [1.29, 1.82) is 0 Å². The van der Waals surface area contributed by atoms with Gasteiger partial charge < -0.3 is 9.53 Å². The molecule has 1 N–H and O–H groups in total. The zero-order valence-corrected chi connectivity index (χ0v) is 18.5. The van der Waals surface area contributed by atoms with Crippen LogP contribution >= 0.6 is 11.8 Å². The molecule has 1 unspecified atom stereocenters. The van der Waals surface area contributed by atoms with Crippen LogP contribution in [0, 0.1) is 5.92 Å². The summed E-state index contributed by atoms with van der Waals surface area (Å²) in [6, 6.07) is 9.40. The highest BCUT2D eigenvalue weighted by molar-refractivity contribution is 8.09. The number of hydrogen-bond acceptors (Lipinski definition) is 4. The first kappa shape index (κ1) is 20.2. The molecule has 0 aromatic heterocycles.